The van der Waals surface area contributed by atoms with Gasteiger partial charge in [-0.25, -0.2) is 0 Å². The van der Waals surface area contributed by atoms with Crippen LogP contribution in [0.1, 0.15) is 36.0 Å². The molecule has 3 heterocycles. The second-order valence-corrected chi connectivity index (χ2v) is 7.63. The maximum Gasteiger partial charge on any atom is 0.253 e. The molecule has 27 heavy (non-hydrogen) atoms. The molecular weight excluding hydrogens is 338 g/mol. The predicted molar refractivity (Wildman–Crippen MR) is 106 cm³/mol. The van der Waals surface area contributed by atoms with Crippen molar-refractivity contribution in [3.05, 3.63) is 54.4 Å². The van der Waals surface area contributed by atoms with Crippen molar-refractivity contribution in [2.45, 2.75) is 37.8 Å². The lowest BCUT2D eigenvalue weighted by Crippen LogP contribution is -2.49. The van der Waals surface area contributed by atoms with Crippen molar-refractivity contribution in [3.8, 4) is 5.69 Å². The quantitative estimate of drug-likeness (QED) is 0.833. The number of methoxy groups -OCH3 is 1. The van der Waals surface area contributed by atoms with Crippen LogP contribution < -0.4 is 0 Å². The summed E-state index contributed by atoms with van der Waals surface area (Å²) < 4.78 is 7.52. The lowest BCUT2D eigenvalue weighted by Gasteiger charge is -2.41. The van der Waals surface area contributed by atoms with E-state index in [2.05, 4.69) is 4.90 Å². The van der Waals surface area contributed by atoms with Crippen molar-refractivity contribution in [2.24, 2.45) is 0 Å². The van der Waals surface area contributed by atoms with E-state index in [1.54, 1.807) is 0 Å². The highest BCUT2D eigenvalue weighted by Gasteiger charge is 2.29. The van der Waals surface area contributed by atoms with Gasteiger partial charge in [-0.15, -0.1) is 0 Å². The van der Waals surface area contributed by atoms with E-state index >= 15 is 0 Å². The SMILES string of the molecule is COC1CCN(C2CCN(C(=O)c3ccc(-n4cccc4)cc3)CC2)CC1. The molecular formula is C22H29N3O2. The second-order valence-electron chi connectivity index (χ2n) is 7.63. The zero-order chi connectivity index (χ0) is 18.6. The number of nitrogens with zero attached hydrogens (tertiary/aromatic N) is 3. The number of hydrogen-bond acceptors (Lipinski definition) is 3. The van der Waals surface area contributed by atoms with E-state index in [9.17, 15) is 4.79 Å². The van der Waals surface area contributed by atoms with E-state index < -0.39 is 0 Å². The van der Waals surface area contributed by atoms with Gasteiger partial charge in [0.2, 0.25) is 0 Å². The first kappa shape index (κ1) is 18.3. The van der Waals surface area contributed by atoms with Crippen molar-refractivity contribution >= 4 is 5.91 Å². The number of benzene rings is 1. The molecule has 2 saturated heterocycles. The zero-order valence-corrected chi connectivity index (χ0v) is 16.1. The Morgan fingerprint density at radius 3 is 2.15 bits per heavy atom. The van der Waals surface area contributed by atoms with Gasteiger partial charge >= 0.3 is 0 Å². The van der Waals surface area contributed by atoms with Gasteiger partial charge in [-0.1, -0.05) is 0 Å². The molecule has 2 fully saturated rings. The van der Waals surface area contributed by atoms with Crippen molar-refractivity contribution in [2.75, 3.05) is 33.3 Å². The number of rotatable bonds is 4. The minimum atomic E-state index is 0.158. The van der Waals surface area contributed by atoms with E-state index in [0.717, 1.165) is 63.1 Å². The van der Waals surface area contributed by atoms with Crippen LogP contribution in [-0.4, -0.2) is 65.7 Å². The molecule has 1 aromatic carbocycles. The van der Waals surface area contributed by atoms with Gasteiger partial charge in [0.1, 0.15) is 0 Å². The Kier molecular flexibility index (Phi) is 5.60. The summed E-state index contributed by atoms with van der Waals surface area (Å²) >= 11 is 0. The number of carbonyl (C=O) groups excluding carboxylic acids is 1. The Morgan fingerprint density at radius 1 is 0.926 bits per heavy atom. The fraction of sp³-hybridized carbons (Fsp3) is 0.500. The number of carbonyl (C=O) groups is 1. The Balaban J connectivity index is 1.31. The molecule has 0 saturated carbocycles. The maximum atomic E-state index is 12.9. The van der Waals surface area contributed by atoms with Gasteiger partial charge in [0.05, 0.1) is 6.10 Å². The van der Waals surface area contributed by atoms with Crippen LogP contribution in [0.25, 0.3) is 5.69 Å². The first-order chi connectivity index (χ1) is 13.2. The molecule has 144 valence electrons. The van der Waals surface area contributed by atoms with Crippen LogP contribution in [0.5, 0.6) is 0 Å². The number of piperidine rings is 2. The summed E-state index contributed by atoms with van der Waals surface area (Å²) in [6.45, 7) is 3.95. The summed E-state index contributed by atoms with van der Waals surface area (Å²) in [7, 11) is 1.81. The largest absolute Gasteiger partial charge is 0.381 e. The standard InChI is InChI=1S/C22H29N3O2/c1-27-21-10-16-24(17-11-21)20-8-14-25(15-9-20)22(26)18-4-6-19(7-5-18)23-12-2-3-13-23/h2-7,12-13,20-21H,8-11,14-17H2,1H3. The van der Waals surface area contributed by atoms with Crippen molar-refractivity contribution in [3.63, 3.8) is 0 Å². The van der Waals surface area contributed by atoms with E-state index in [1.807, 2.05) is 65.4 Å². The molecule has 1 amide bonds. The topological polar surface area (TPSA) is 37.7 Å². The van der Waals surface area contributed by atoms with Crippen LogP contribution in [0, 0.1) is 0 Å². The van der Waals surface area contributed by atoms with Gasteiger partial charge < -0.3 is 19.1 Å². The summed E-state index contributed by atoms with van der Waals surface area (Å²) in [4.78, 5) is 17.5. The first-order valence-electron chi connectivity index (χ1n) is 10.0. The molecule has 0 atom stereocenters. The van der Waals surface area contributed by atoms with Crippen LogP contribution in [0.2, 0.25) is 0 Å². The molecule has 2 aliphatic heterocycles. The third kappa shape index (κ3) is 4.09. The number of likely N-dealkylation sites (tertiary alicyclic amines) is 2. The Labute approximate surface area is 161 Å². The molecule has 5 nitrogen and oxygen atoms in total. The van der Waals surface area contributed by atoms with Crippen molar-refractivity contribution in [1.82, 2.24) is 14.4 Å². The molecule has 2 aromatic rings. The van der Waals surface area contributed by atoms with Crippen LogP contribution in [0.4, 0.5) is 0 Å². The highest BCUT2D eigenvalue weighted by Crippen LogP contribution is 2.23. The van der Waals surface area contributed by atoms with Gasteiger partial charge in [-0.2, -0.15) is 0 Å². The van der Waals surface area contributed by atoms with Crippen molar-refractivity contribution in [1.29, 1.82) is 0 Å². The van der Waals surface area contributed by atoms with E-state index in [4.69, 9.17) is 4.74 Å². The molecule has 0 unspecified atom stereocenters. The number of hydrogen-bond donors (Lipinski definition) is 0. The Hall–Kier alpha value is -2.11. The third-order valence-electron chi connectivity index (χ3n) is 6.09. The zero-order valence-electron chi connectivity index (χ0n) is 16.1. The highest BCUT2D eigenvalue weighted by atomic mass is 16.5. The fourth-order valence-electron chi connectivity index (χ4n) is 4.38. The van der Waals surface area contributed by atoms with Gasteiger partial charge in [0.25, 0.3) is 5.91 Å². The minimum absolute atomic E-state index is 0.158. The van der Waals surface area contributed by atoms with Crippen LogP contribution in [0.15, 0.2) is 48.8 Å². The molecule has 5 heteroatoms. The van der Waals surface area contributed by atoms with Crippen molar-refractivity contribution < 1.29 is 9.53 Å². The van der Waals surface area contributed by atoms with E-state index in [-0.39, 0.29) is 5.91 Å². The average molecular weight is 367 g/mol. The smallest absolute Gasteiger partial charge is 0.253 e. The average Bonchev–Trinajstić information content (AvgIpc) is 3.28. The molecule has 4 rings (SSSR count). The summed E-state index contributed by atoms with van der Waals surface area (Å²) in [6, 6.07) is 12.5. The third-order valence-corrected chi connectivity index (χ3v) is 6.09. The number of amides is 1. The molecule has 2 aliphatic rings. The Morgan fingerprint density at radius 2 is 1.56 bits per heavy atom. The highest BCUT2D eigenvalue weighted by molar-refractivity contribution is 5.94. The maximum absolute atomic E-state index is 12.9. The van der Waals surface area contributed by atoms with Gasteiger partial charge in [0, 0.05) is 63.0 Å². The molecule has 0 bridgehead atoms. The van der Waals surface area contributed by atoms with Gasteiger partial charge in [0.15, 0.2) is 0 Å². The molecule has 0 spiro atoms. The van der Waals surface area contributed by atoms with E-state index in [0.29, 0.717) is 12.1 Å². The number of aromatic nitrogens is 1. The summed E-state index contributed by atoms with van der Waals surface area (Å²) in [6.07, 6.45) is 8.86. The van der Waals surface area contributed by atoms with Gasteiger partial charge in [-0.05, 0) is 62.1 Å². The Bertz CT molecular complexity index is 725. The number of ether oxygens (including phenoxy) is 1. The van der Waals surface area contributed by atoms with Crippen LogP contribution in [0.3, 0.4) is 0 Å². The summed E-state index contributed by atoms with van der Waals surface area (Å²) in [5, 5.41) is 0. The first-order valence-corrected chi connectivity index (χ1v) is 10.0. The summed E-state index contributed by atoms with van der Waals surface area (Å²) in [5.74, 6) is 0.158. The monoisotopic (exact) mass is 367 g/mol. The minimum Gasteiger partial charge on any atom is -0.381 e. The predicted octanol–water partition coefficient (Wildman–Crippen LogP) is 3.19. The van der Waals surface area contributed by atoms with Crippen LogP contribution in [-0.2, 0) is 4.74 Å². The normalized spacial score (nSPS) is 20.1. The lowest BCUT2D eigenvalue weighted by atomic mass is 9.98. The molecule has 1 aromatic heterocycles. The lowest BCUT2D eigenvalue weighted by molar-refractivity contribution is 0.0145. The molecule has 0 radical (unpaired) electrons. The molecule has 0 N–H and O–H groups in total. The van der Waals surface area contributed by atoms with E-state index in [1.165, 1.54) is 0 Å². The fourth-order valence-corrected chi connectivity index (χ4v) is 4.38. The second kappa shape index (κ2) is 8.28. The molecule has 0 aliphatic carbocycles. The summed E-state index contributed by atoms with van der Waals surface area (Å²) in [5.41, 5.74) is 1.86. The van der Waals surface area contributed by atoms with Gasteiger partial charge in [-0.3, -0.25) is 4.79 Å². The van der Waals surface area contributed by atoms with Crippen LogP contribution >= 0.6 is 0 Å².